The molecule has 0 saturated carbocycles. The number of pyridine rings is 2. The van der Waals surface area contributed by atoms with E-state index < -0.39 is 18.0 Å². The molecular formula is C27H28N4O5. The minimum atomic E-state index is -0.916. The van der Waals surface area contributed by atoms with Crippen LogP contribution in [0.5, 0.6) is 5.75 Å². The fourth-order valence-electron chi connectivity index (χ4n) is 3.84. The van der Waals surface area contributed by atoms with E-state index in [9.17, 15) is 14.4 Å². The van der Waals surface area contributed by atoms with Crippen LogP contribution in [0.15, 0.2) is 70.6 Å². The largest absolute Gasteiger partial charge is 0.481 e. The number of amides is 1. The normalized spacial score (nSPS) is 12.8. The van der Waals surface area contributed by atoms with E-state index in [-0.39, 0.29) is 34.5 Å². The Labute approximate surface area is 207 Å². The van der Waals surface area contributed by atoms with Gasteiger partial charge >= 0.3 is 5.97 Å². The fourth-order valence-corrected chi connectivity index (χ4v) is 3.84. The zero-order valence-electron chi connectivity index (χ0n) is 20.7. The molecule has 0 spiro atoms. The third kappa shape index (κ3) is 5.05. The van der Waals surface area contributed by atoms with Crippen LogP contribution in [0.25, 0.3) is 16.7 Å². The van der Waals surface area contributed by atoms with Crippen molar-refractivity contribution in [3.63, 3.8) is 0 Å². The summed E-state index contributed by atoms with van der Waals surface area (Å²) in [6.07, 6.45) is 0.701. The molecule has 0 fully saturated rings. The fraction of sp³-hybridized carbons (Fsp3) is 0.296. The molecular weight excluding hydrogens is 460 g/mol. The van der Waals surface area contributed by atoms with Crippen LogP contribution in [0.4, 0.5) is 0 Å². The van der Waals surface area contributed by atoms with E-state index >= 15 is 0 Å². The Hall–Kier alpha value is -4.27. The molecule has 0 aliphatic carbocycles. The Morgan fingerprint density at radius 1 is 1.06 bits per heavy atom. The number of rotatable bonds is 7. The van der Waals surface area contributed by atoms with E-state index in [2.05, 4.69) is 9.98 Å². The number of para-hydroxylation sites is 1. The van der Waals surface area contributed by atoms with Crippen LogP contribution in [0, 0.1) is 5.92 Å². The average Bonchev–Trinajstić information content (AvgIpc) is 2.86. The molecule has 36 heavy (non-hydrogen) atoms. The molecule has 1 aromatic carbocycles. The standard InChI is InChI=1S/C27H28N4O5/c1-5-35-27(34)21-15-20-23(28-22-13-9-10-14-30(22)26(20)33)31(16-17(2)3)24(21)29-25(32)18(4)36-19-11-7-6-8-12-19/h6-15,17-18H,5,16H2,1-4H3/t18-/m1/s1. The van der Waals surface area contributed by atoms with Crippen LogP contribution in [0.2, 0.25) is 0 Å². The third-order valence-corrected chi connectivity index (χ3v) is 5.45. The van der Waals surface area contributed by atoms with Crippen LogP contribution in [0.1, 0.15) is 38.1 Å². The van der Waals surface area contributed by atoms with Crippen LogP contribution in [-0.4, -0.2) is 38.5 Å². The van der Waals surface area contributed by atoms with Gasteiger partial charge in [-0.2, -0.15) is 4.99 Å². The van der Waals surface area contributed by atoms with Crippen molar-refractivity contribution >= 4 is 28.6 Å². The lowest BCUT2D eigenvalue weighted by Crippen LogP contribution is -2.35. The third-order valence-electron chi connectivity index (χ3n) is 5.45. The molecule has 4 aromatic rings. The predicted octanol–water partition coefficient (Wildman–Crippen LogP) is 3.38. The van der Waals surface area contributed by atoms with Gasteiger partial charge < -0.3 is 14.0 Å². The second-order valence-electron chi connectivity index (χ2n) is 8.71. The van der Waals surface area contributed by atoms with Crippen molar-refractivity contribution in [3.05, 3.63) is 82.2 Å². The molecule has 1 atom stereocenters. The van der Waals surface area contributed by atoms with E-state index in [0.29, 0.717) is 23.6 Å². The summed E-state index contributed by atoms with van der Waals surface area (Å²) in [5, 5.41) is 0.224. The van der Waals surface area contributed by atoms with Gasteiger partial charge in [-0.15, -0.1) is 0 Å². The first-order valence-electron chi connectivity index (χ1n) is 11.8. The number of carbonyl (C=O) groups is 2. The van der Waals surface area contributed by atoms with Crippen molar-refractivity contribution in [2.75, 3.05) is 6.61 Å². The quantitative estimate of drug-likeness (QED) is 0.292. The van der Waals surface area contributed by atoms with E-state index in [1.165, 1.54) is 10.5 Å². The highest BCUT2D eigenvalue weighted by molar-refractivity contribution is 5.94. The maximum Gasteiger partial charge on any atom is 0.341 e. The molecule has 9 nitrogen and oxygen atoms in total. The van der Waals surface area contributed by atoms with Crippen molar-refractivity contribution in [2.24, 2.45) is 10.9 Å². The first-order valence-corrected chi connectivity index (χ1v) is 11.8. The second-order valence-corrected chi connectivity index (χ2v) is 8.71. The molecule has 3 heterocycles. The molecule has 1 amide bonds. The van der Waals surface area contributed by atoms with Crippen molar-refractivity contribution in [2.45, 2.75) is 40.3 Å². The maximum absolute atomic E-state index is 13.3. The summed E-state index contributed by atoms with van der Waals surface area (Å²) in [4.78, 5) is 48.5. The molecule has 3 aromatic heterocycles. The van der Waals surface area contributed by atoms with Gasteiger partial charge in [-0.3, -0.25) is 14.0 Å². The van der Waals surface area contributed by atoms with Crippen molar-refractivity contribution in [3.8, 4) is 5.75 Å². The molecule has 0 saturated heterocycles. The minimum Gasteiger partial charge on any atom is -0.481 e. The Bertz CT molecular complexity index is 1550. The molecule has 4 rings (SSSR count). The first kappa shape index (κ1) is 24.8. The number of fused-ring (bicyclic) bond motifs is 2. The Balaban J connectivity index is 1.99. The molecule has 0 aliphatic rings. The Morgan fingerprint density at radius 2 is 1.78 bits per heavy atom. The van der Waals surface area contributed by atoms with Gasteiger partial charge in [0.25, 0.3) is 11.5 Å². The van der Waals surface area contributed by atoms with E-state index in [4.69, 9.17) is 9.47 Å². The summed E-state index contributed by atoms with van der Waals surface area (Å²) < 4.78 is 14.1. The molecule has 0 unspecified atom stereocenters. The van der Waals surface area contributed by atoms with Crippen molar-refractivity contribution < 1.29 is 19.1 Å². The van der Waals surface area contributed by atoms with Gasteiger partial charge in [-0.25, -0.2) is 9.78 Å². The number of carbonyl (C=O) groups excluding carboxylic acids is 2. The topological polar surface area (TPSA) is 104 Å². The summed E-state index contributed by atoms with van der Waals surface area (Å²) in [5.41, 5.74) is 0.526. The van der Waals surface area contributed by atoms with Crippen molar-refractivity contribution in [1.29, 1.82) is 0 Å². The number of benzene rings is 1. The lowest BCUT2D eigenvalue weighted by Gasteiger charge is -2.17. The second kappa shape index (κ2) is 10.6. The van der Waals surface area contributed by atoms with Gasteiger partial charge in [-0.05, 0) is 50.1 Å². The van der Waals surface area contributed by atoms with Crippen LogP contribution in [-0.2, 0) is 16.1 Å². The average molecular weight is 489 g/mol. The molecule has 9 heteroatoms. The van der Waals surface area contributed by atoms with Crippen LogP contribution < -0.4 is 15.8 Å². The van der Waals surface area contributed by atoms with Gasteiger partial charge in [0.05, 0.1) is 12.0 Å². The molecule has 0 bridgehead atoms. The van der Waals surface area contributed by atoms with Crippen molar-refractivity contribution in [1.82, 2.24) is 14.0 Å². The molecule has 186 valence electrons. The van der Waals surface area contributed by atoms with Gasteiger partial charge in [-0.1, -0.05) is 38.1 Å². The zero-order chi connectivity index (χ0) is 25.8. The minimum absolute atomic E-state index is 0.0139. The number of ether oxygens (including phenoxy) is 2. The predicted molar refractivity (Wildman–Crippen MR) is 135 cm³/mol. The summed E-state index contributed by atoms with van der Waals surface area (Å²) in [6.45, 7) is 7.72. The summed E-state index contributed by atoms with van der Waals surface area (Å²) in [7, 11) is 0. The van der Waals surface area contributed by atoms with Gasteiger partial charge in [0.2, 0.25) is 0 Å². The summed E-state index contributed by atoms with van der Waals surface area (Å²) in [5.74, 6) is -0.654. The van der Waals surface area contributed by atoms with E-state index in [1.54, 1.807) is 67.1 Å². The van der Waals surface area contributed by atoms with Crippen LogP contribution >= 0.6 is 0 Å². The first-order chi connectivity index (χ1) is 17.3. The maximum atomic E-state index is 13.3. The number of hydrogen-bond donors (Lipinski definition) is 0. The smallest absolute Gasteiger partial charge is 0.341 e. The number of nitrogens with zero attached hydrogens (tertiary/aromatic N) is 4. The Morgan fingerprint density at radius 3 is 2.47 bits per heavy atom. The molecule has 0 aliphatic heterocycles. The van der Waals surface area contributed by atoms with Gasteiger partial charge in [0, 0.05) is 12.7 Å². The zero-order valence-corrected chi connectivity index (χ0v) is 20.7. The highest BCUT2D eigenvalue weighted by Gasteiger charge is 2.22. The molecule has 0 radical (unpaired) electrons. The highest BCUT2D eigenvalue weighted by Crippen LogP contribution is 2.14. The molecule has 0 N–H and O–H groups in total. The van der Waals surface area contributed by atoms with Crippen LogP contribution in [0.3, 0.4) is 0 Å². The summed E-state index contributed by atoms with van der Waals surface area (Å²) in [6, 6.07) is 15.6. The number of esters is 1. The lowest BCUT2D eigenvalue weighted by molar-refractivity contribution is -0.124. The highest BCUT2D eigenvalue weighted by atomic mass is 16.5. The Kier molecular flexibility index (Phi) is 7.28. The summed E-state index contributed by atoms with van der Waals surface area (Å²) >= 11 is 0. The van der Waals surface area contributed by atoms with Gasteiger partial charge in [0.15, 0.2) is 11.6 Å². The monoisotopic (exact) mass is 488 g/mol. The lowest BCUT2D eigenvalue weighted by atomic mass is 10.1. The number of hydrogen-bond acceptors (Lipinski definition) is 6. The van der Waals surface area contributed by atoms with E-state index in [0.717, 1.165) is 0 Å². The SMILES string of the molecule is CCOC(=O)c1cc2c(=O)n3ccccc3nc2n(CC(C)C)c1=NC(=O)[C@@H](C)Oc1ccccc1. The van der Waals surface area contributed by atoms with E-state index in [1.807, 2.05) is 19.9 Å². The van der Waals surface area contributed by atoms with Gasteiger partial charge in [0.1, 0.15) is 22.6 Å². The number of aromatic nitrogens is 3.